The SMILES string of the molecule is N#Cc1cc(F)ccc1-c1ccc(-c2sccc2N)cc1. The van der Waals surface area contributed by atoms with Gasteiger partial charge in [-0.15, -0.1) is 11.3 Å². The fourth-order valence-corrected chi connectivity index (χ4v) is 3.04. The first kappa shape index (κ1) is 13.3. The number of benzene rings is 2. The Bertz CT molecular complexity index is 829. The normalized spacial score (nSPS) is 10.3. The average molecular weight is 294 g/mol. The van der Waals surface area contributed by atoms with Crippen molar-refractivity contribution < 1.29 is 4.39 Å². The van der Waals surface area contributed by atoms with Crippen LogP contribution in [0.1, 0.15) is 5.56 Å². The topological polar surface area (TPSA) is 49.8 Å². The van der Waals surface area contributed by atoms with Crippen molar-refractivity contribution in [1.29, 1.82) is 5.26 Å². The number of thiophene rings is 1. The maximum absolute atomic E-state index is 13.2. The van der Waals surface area contributed by atoms with Gasteiger partial charge >= 0.3 is 0 Å². The summed E-state index contributed by atoms with van der Waals surface area (Å²) in [4.78, 5) is 1.03. The van der Waals surface area contributed by atoms with Crippen LogP contribution in [0.25, 0.3) is 21.6 Å². The van der Waals surface area contributed by atoms with E-state index in [1.165, 1.54) is 12.1 Å². The molecule has 2 N–H and O–H groups in total. The molecule has 0 atom stereocenters. The quantitative estimate of drug-likeness (QED) is 0.746. The van der Waals surface area contributed by atoms with Gasteiger partial charge in [-0.05, 0) is 40.3 Å². The molecule has 0 aliphatic heterocycles. The monoisotopic (exact) mass is 294 g/mol. The Hall–Kier alpha value is -2.64. The number of halogens is 1. The fraction of sp³-hybridized carbons (Fsp3) is 0. The van der Waals surface area contributed by atoms with Gasteiger partial charge in [0, 0.05) is 0 Å². The van der Waals surface area contributed by atoms with Gasteiger partial charge < -0.3 is 5.73 Å². The number of hydrogen-bond acceptors (Lipinski definition) is 3. The van der Waals surface area contributed by atoms with Crippen molar-refractivity contribution >= 4 is 17.0 Å². The van der Waals surface area contributed by atoms with Crippen molar-refractivity contribution in [1.82, 2.24) is 0 Å². The highest BCUT2D eigenvalue weighted by molar-refractivity contribution is 7.14. The van der Waals surface area contributed by atoms with Crippen molar-refractivity contribution in [2.24, 2.45) is 0 Å². The van der Waals surface area contributed by atoms with Gasteiger partial charge in [-0.3, -0.25) is 0 Å². The van der Waals surface area contributed by atoms with E-state index in [9.17, 15) is 4.39 Å². The third kappa shape index (κ3) is 2.51. The lowest BCUT2D eigenvalue weighted by atomic mass is 9.99. The van der Waals surface area contributed by atoms with Crippen LogP contribution < -0.4 is 5.73 Å². The predicted molar refractivity (Wildman–Crippen MR) is 84.3 cm³/mol. The summed E-state index contributed by atoms with van der Waals surface area (Å²) in [6, 6.07) is 15.9. The van der Waals surface area contributed by atoms with Crippen LogP contribution >= 0.6 is 11.3 Å². The highest BCUT2D eigenvalue weighted by Gasteiger charge is 2.08. The van der Waals surface area contributed by atoms with E-state index in [0.29, 0.717) is 5.56 Å². The minimum Gasteiger partial charge on any atom is -0.398 e. The molecule has 4 heteroatoms. The van der Waals surface area contributed by atoms with E-state index in [2.05, 4.69) is 0 Å². The maximum atomic E-state index is 13.2. The number of nitrogen functional groups attached to an aromatic ring is 1. The minimum atomic E-state index is -0.404. The summed E-state index contributed by atoms with van der Waals surface area (Å²) in [5.74, 6) is -0.404. The summed E-state index contributed by atoms with van der Waals surface area (Å²) in [6.45, 7) is 0. The Labute approximate surface area is 125 Å². The van der Waals surface area contributed by atoms with E-state index in [4.69, 9.17) is 11.0 Å². The molecule has 102 valence electrons. The number of nitriles is 1. The molecule has 0 spiro atoms. The van der Waals surface area contributed by atoms with Crippen LogP contribution in [0.5, 0.6) is 0 Å². The number of rotatable bonds is 2. The van der Waals surface area contributed by atoms with Gasteiger partial charge in [-0.25, -0.2) is 4.39 Å². The molecule has 0 unspecified atom stereocenters. The van der Waals surface area contributed by atoms with Crippen LogP contribution in [0.2, 0.25) is 0 Å². The van der Waals surface area contributed by atoms with Gasteiger partial charge in [0.25, 0.3) is 0 Å². The zero-order chi connectivity index (χ0) is 14.8. The molecule has 0 fully saturated rings. The minimum absolute atomic E-state index is 0.332. The molecular weight excluding hydrogens is 283 g/mol. The Morgan fingerprint density at radius 3 is 2.33 bits per heavy atom. The average Bonchev–Trinajstić information content (AvgIpc) is 2.93. The number of nitrogens with zero attached hydrogens (tertiary/aromatic N) is 1. The molecular formula is C17H11FN2S. The molecule has 2 nitrogen and oxygen atoms in total. The van der Waals surface area contributed by atoms with E-state index < -0.39 is 5.82 Å². The third-order valence-electron chi connectivity index (χ3n) is 3.26. The van der Waals surface area contributed by atoms with Gasteiger partial charge in [0.2, 0.25) is 0 Å². The van der Waals surface area contributed by atoms with Gasteiger partial charge in [0.15, 0.2) is 0 Å². The fourth-order valence-electron chi connectivity index (χ4n) is 2.22. The molecule has 1 heterocycles. The molecule has 0 aliphatic rings. The van der Waals surface area contributed by atoms with E-state index in [0.717, 1.165) is 27.3 Å². The first-order valence-corrected chi connectivity index (χ1v) is 7.20. The van der Waals surface area contributed by atoms with Crippen LogP contribution in [0.15, 0.2) is 53.9 Å². The second kappa shape index (κ2) is 5.39. The van der Waals surface area contributed by atoms with Crippen LogP contribution in [-0.4, -0.2) is 0 Å². The molecule has 2 aromatic carbocycles. The molecule has 3 aromatic rings. The zero-order valence-corrected chi connectivity index (χ0v) is 11.8. The number of anilines is 1. The van der Waals surface area contributed by atoms with E-state index in [1.54, 1.807) is 17.4 Å². The van der Waals surface area contributed by atoms with Crippen LogP contribution in [-0.2, 0) is 0 Å². The highest BCUT2D eigenvalue weighted by atomic mass is 32.1. The Morgan fingerprint density at radius 2 is 1.71 bits per heavy atom. The molecule has 0 radical (unpaired) electrons. The van der Waals surface area contributed by atoms with Crippen molar-refractivity contribution in [2.45, 2.75) is 0 Å². The van der Waals surface area contributed by atoms with Crippen LogP contribution in [0, 0.1) is 17.1 Å². The molecule has 3 rings (SSSR count). The van der Waals surface area contributed by atoms with Gasteiger partial charge in [0.05, 0.1) is 22.2 Å². The lowest BCUT2D eigenvalue weighted by Crippen LogP contribution is -1.87. The first-order chi connectivity index (χ1) is 10.2. The summed E-state index contributed by atoms with van der Waals surface area (Å²) >= 11 is 1.59. The summed E-state index contributed by atoms with van der Waals surface area (Å²) < 4.78 is 13.2. The summed E-state index contributed by atoms with van der Waals surface area (Å²) in [7, 11) is 0. The first-order valence-electron chi connectivity index (χ1n) is 6.32. The molecule has 0 saturated heterocycles. The highest BCUT2D eigenvalue weighted by Crippen LogP contribution is 2.33. The molecule has 0 amide bonds. The molecule has 21 heavy (non-hydrogen) atoms. The Morgan fingerprint density at radius 1 is 1.00 bits per heavy atom. The standard InChI is InChI=1S/C17H11FN2S/c18-14-5-6-15(13(9-14)10-19)11-1-3-12(4-2-11)17-16(20)7-8-21-17/h1-9H,20H2. The molecule has 0 bridgehead atoms. The molecule has 0 aliphatic carbocycles. The number of nitrogens with two attached hydrogens (primary N) is 1. The Balaban J connectivity index is 2.03. The predicted octanol–water partition coefficient (Wildman–Crippen LogP) is 4.68. The van der Waals surface area contributed by atoms with E-state index >= 15 is 0 Å². The lowest BCUT2D eigenvalue weighted by molar-refractivity contribution is 0.627. The molecule has 1 aromatic heterocycles. The van der Waals surface area contributed by atoms with Crippen LogP contribution in [0.4, 0.5) is 10.1 Å². The smallest absolute Gasteiger partial charge is 0.124 e. The summed E-state index contributed by atoms with van der Waals surface area (Å²) in [6.07, 6.45) is 0. The van der Waals surface area contributed by atoms with Crippen molar-refractivity contribution in [3.05, 3.63) is 65.3 Å². The van der Waals surface area contributed by atoms with Crippen molar-refractivity contribution in [2.75, 3.05) is 5.73 Å². The van der Waals surface area contributed by atoms with Gasteiger partial charge in [-0.1, -0.05) is 30.3 Å². The Kier molecular flexibility index (Phi) is 3.43. The lowest BCUT2D eigenvalue weighted by Gasteiger charge is -2.06. The van der Waals surface area contributed by atoms with Crippen LogP contribution in [0.3, 0.4) is 0 Å². The summed E-state index contributed by atoms with van der Waals surface area (Å²) in [5, 5.41) is 11.1. The zero-order valence-electron chi connectivity index (χ0n) is 11.0. The third-order valence-corrected chi connectivity index (χ3v) is 4.24. The maximum Gasteiger partial charge on any atom is 0.124 e. The van der Waals surface area contributed by atoms with Crippen molar-refractivity contribution in [3.8, 4) is 27.6 Å². The molecule has 0 saturated carbocycles. The van der Waals surface area contributed by atoms with E-state index in [1.807, 2.05) is 41.8 Å². The van der Waals surface area contributed by atoms with Crippen molar-refractivity contribution in [3.63, 3.8) is 0 Å². The summed E-state index contributed by atoms with van der Waals surface area (Å²) in [5.41, 5.74) is 9.64. The van der Waals surface area contributed by atoms with E-state index in [-0.39, 0.29) is 0 Å². The number of hydrogen-bond donors (Lipinski definition) is 1. The largest absolute Gasteiger partial charge is 0.398 e. The second-order valence-corrected chi connectivity index (χ2v) is 5.50. The second-order valence-electron chi connectivity index (χ2n) is 4.58. The van der Waals surface area contributed by atoms with Gasteiger partial charge in [0.1, 0.15) is 5.82 Å². The van der Waals surface area contributed by atoms with Gasteiger partial charge in [-0.2, -0.15) is 5.26 Å².